The average Bonchev–Trinajstić information content (AvgIpc) is 2.62. The number of amides is 1. The minimum absolute atomic E-state index is 0.147. The van der Waals surface area contributed by atoms with Crippen molar-refractivity contribution < 1.29 is 9.18 Å². The van der Waals surface area contributed by atoms with Gasteiger partial charge < -0.3 is 9.80 Å². The molecule has 1 aliphatic rings. The van der Waals surface area contributed by atoms with E-state index in [0.29, 0.717) is 6.54 Å². The van der Waals surface area contributed by atoms with Crippen molar-refractivity contribution in [2.45, 2.75) is 25.8 Å². The summed E-state index contributed by atoms with van der Waals surface area (Å²) in [5, 5.41) is 0. The van der Waals surface area contributed by atoms with Crippen LogP contribution in [-0.2, 0) is 0 Å². The number of nitrogens with zero attached hydrogens (tertiary/aromatic N) is 2. The molecule has 3 nitrogen and oxygen atoms in total. The fourth-order valence-electron chi connectivity index (χ4n) is 2.68. The number of rotatable bonds is 2. The first-order chi connectivity index (χ1) is 9.52. The molecule has 1 aliphatic heterocycles. The predicted octanol–water partition coefficient (Wildman–Crippen LogP) is 3.14. The Labute approximate surface area is 127 Å². The molecule has 1 fully saturated rings. The van der Waals surface area contributed by atoms with Gasteiger partial charge in [0.05, 0.1) is 5.56 Å². The van der Waals surface area contributed by atoms with E-state index in [1.165, 1.54) is 6.07 Å². The van der Waals surface area contributed by atoms with Crippen LogP contribution in [0.4, 0.5) is 4.39 Å². The summed E-state index contributed by atoms with van der Waals surface area (Å²) in [5.41, 5.74) is 0.155. The smallest absolute Gasteiger partial charge is 0.257 e. The van der Waals surface area contributed by atoms with Crippen LogP contribution in [0.5, 0.6) is 0 Å². The Morgan fingerprint density at radius 3 is 2.90 bits per heavy atom. The van der Waals surface area contributed by atoms with Crippen LogP contribution in [0.25, 0.3) is 0 Å². The molecule has 2 rings (SSSR count). The van der Waals surface area contributed by atoms with E-state index in [-0.39, 0.29) is 17.5 Å². The number of likely N-dealkylation sites (N-methyl/N-ethyl adjacent to an activating group) is 1. The molecule has 1 saturated heterocycles. The molecule has 0 N–H and O–H groups in total. The summed E-state index contributed by atoms with van der Waals surface area (Å²) in [4.78, 5) is 16.7. The summed E-state index contributed by atoms with van der Waals surface area (Å²) in [7, 11) is 2.07. The van der Waals surface area contributed by atoms with Crippen molar-refractivity contribution in [3.8, 4) is 0 Å². The minimum Gasteiger partial charge on any atom is -0.334 e. The first kappa shape index (κ1) is 15.4. The summed E-state index contributed by atoms with van der Waals surface area (Å²) in [6.45, 7) is 4.58. The van der Waals surface area contributed by atoms with Crippen molar-refractivity contribution in [2.24, 2.45) is 0 Å². The molecule has 0 saturated carbocycles. The molecule has 1 heterocycles. The van der Waals surface area contributed by atoms with E-state index in [2.05, 4.69) is 34.8 Å². The van der Waals surface area contributed by atoms with Gasteiger partial charge in [0.2, 0.25) is 0 Å². The van der Waals surface area contributed by atoms with E-state index in [1.807, 2.05) is 4.90 Å². The lowest BCUT2D eigenvalue weighted by Crippen LogP contribution is -2.43. The Morgan fingerprint density at radius 1 is 1.45 bits per heavy atom. The maximum atomic E-state index is 13.9. The second-order valence-corrected chi connectivity index (χ2v) is 6.22. The third kappa shape index (κ3) is 3.38. The predicted molar refractivity (Wildman–Crippen MR) is 81.3 cm³/mol. The topological polar surface area (TPSA) is 23.6 Å². The lowest BCUT2D eigenvalue weighted by molar-refractivity contribution is 0.0671. The Kier molecular flexibility index (Phi) is 5.16. The molecular formula is C15H20BrFN2O. The van der Waals surface area contributed by atoms with Gasteiger partial charge in [-0.1, -0.05) is 22.9 Å². The zero-order valence-electron chi connectivity index (χ0n) is 11.9. The molecule has 1 aromatic carbocycles. The van der Waals surface area contributed by atoms with Crippen LogP contribution >= 0.6 is 15.9 Å². The number of halogens is 2. The number of hydrogen-bond acceptors (Lipinski definition) is 2. The van der Waals surface area contributed by atoms with Crippen molar-refractivity contribution in [3.63, 3.8) is 0 Å². The highest BCUT2D eigenvalue weighted by Gasteiger charge is 2.28. The van der Waals surface area contributed by atoms with Gasteiger partial charge in [-0.15, -0.1) is 0 Å². The van der Waals surface area contributed by atoms with Gasteiger partial charge in [0.25, 0.3) is 5.91 Å². The average molecular weight is 343 g/mol. The molecule has 0 aromatic heterocycles. The van der Waals surface area contributed by atoms with Gasteiger partial charge in [-0.05, 0) is 44.6 Å². The van der Waals surface area contributed by atoms with Gasteiger partial charge in [-0.3, -0.25) is 4.79 Å². The van der Waals surface area contributed by atoms with E-state index in [4.69, 9.17) is 0 Å². The first-order valence-electron chi connectivity index (χ1n) is 6.97. The number of hydrogen-bond donors (Lipinski definition) is 0. The SMILES string of the molecule is CCC1CN(C)CCCN1C(=O)c1cc(Br)ccc1F. The van der Waals surface area contributed by atoms with Gasteiger partial charge in [0, 0.05) is 23.6 Å². The van der Waals surface area contributed by atoms with E-state index >= 15 is 0 Å². The number of benzene rings is 1. The zero-order chi connectivity index (χ0) is 14.7. The van der Waals surface area contributed by atoms with Gasteiger partial charge in [-0.25, -0.2) is 4.39 Å². The molecule has 0 bridgehead atoms. The van der Waals surface area contributed by atoms with Crippen LogP contribution in [0.15, 0.2) is 22.7 Å². The van der Waals surface area contributed by atoms with Crippen molar-refractivity contribution in [3.05, 3.63) is 34.1 Å². The van der Waals surface area contributed by atoms with E-state index in [9.17, 15) is 9.18 Å². The monoisotopic (exact) mass is 342 g/mol. The molecule has 20 heavy (non-hydrogen) atoms. The lowest BCUT2D eigenvalue weighted by atomic mass is 10.1. The summed E-state index contributed by atoms with van der Waals surface area (Å²) in [5.74, 6) is -0.656. The Bertz CT molecular complexity index is 495. The highest BCUT2D eigenvalue weighted by molar-refractivity contribution is 9.10. The molecular weight excluding hydrogens is 323 g/mol. The van der Waals surface area contributed by atoms with Crippen LogP contribution in [0.3, 0.4) is 0 Å². The fraction of sp³-hybridized carbons (Fsp3) is 0.533. The maximum Gasteiger partial charge on any atom is 0.257 e. The highest BCUT2D eigenvalue weighted by atomic mass is 79.9. The largest absolute Gasteiger partial charge is 0.334 e. The molecule has 0 aliphatic carbocycles. The quantitative estimate of drug-likeness (QED) is 0.824. The molecule has 0 spiro atoms. The third-order valence-corrected chi connectivity index (χ3v) is 4.29. The van der Waals surface area contributed by atoms with Crippen molar-refractivity contribution in [1.82, 2.24) is 9.80 Å². The van der Waals surface area contributed by atoms with Crippen LogP contribution < -0.4 is 0 Å². The van der Waals surface area contributed by atoms with Crippen LogP contribution in [-0.4, -0.2) is 48.4 Å². The second-order valence-electron chi connectivity index (χ2n) is 5.30. The minimum atomic E-state index is -0.453. The summed E-state index contributed by atoms with van der Waals surface area (Å²) in [6.07, 6.45) is 1.81. The molecule has 0 radical (unpaired) electrons. The molecule has 1 amide bonds. The van der Waals surface area contributed by atoms with Gasteiger partial charge >= 0.3 is 0 Å². The molecule has 1 unspecified atom stereocenters. The van der Waals surface area contributed by atoms with E-state index < -0.39 is 5.82 Å². The zero-order valence-corrected chi connectivity index (χ0v) is 13.5. The molecule has 1 atom stereocenters. The highest BCUT2D eigenvalue weighted by Crippen LogP contribution is 2.20. The summed E-state index contributed by atoms with van der Waals surface area (Å²) >= 11 is 3.30. The Morgan fingerprint density at radius 2 is 2.20 bits per heavy atom. The summed E-state index contributed by atoms with van der Waals surface area (Å²) < 4.78 is 14.6. The summed E-state index contributed by atoms with van der Waals surface area (Å²) in [6, 6.07) is 4.66. The lowest BCUT2D eigenvalue weighted by Gasteiger charge is -2.30. The maximum absolute atomic E-state index is 13.9. The normalized spacial score (nSPS) is 20.8. The van der Waals surface area contributed by atoms with Crippen LogP contribution in [0, 0.1) is 5.82 Å². The van der Waals surface area contributed by atoms with Crippen LogP contribution in [0.1, 0.15) is 30.1 Å². The third-order valence-electron chi connectivity index (χ3n) is 3.79. The van der Waals surface area contributed by atoms with Crippen LogP contribution in [0.2, 0.25) is 0 Å². The van der Waals surface area contributed by atoms with Crippen molar-refractivity contribution in [2.75, 3.05) is 26.7 Å². The van der Waals surface area contributed by atoms with Crippen molar-refractivity contribution in [1.29, 1.82) is 0 Å². The first-order valence-corrected chi connectivity index (χ1v) is 7.76. The van der Waals surface area contributed by atoms with Crippen molar-refractivity contribution >= 4 is 21.8 Å². The molecule has 110 valence electrons. The van der Waals surface area contributed by atoms with Gasteiger partial charge in [-0.2, -0.15) is 0 Å². The Hall–Kier alpha value is -0.940. The number of carbonyl (C=O) groups is 1. The van der Waals surface area contributed by atoms with Gasteiger partial charge in [0.1, 0.15) is 5.82 Å². The standard InChI is InChI=1S/C15H20BrFN2O/c1-3-12-10-18(2)7-4-8-19(12)15(20)13-9-11(16)5-6-14(13)17/h5-6,9,12H,3-4,7-8,10H2,1-2H3. The Balaban J connectivity index is 2.27. The second kappa shape index (κ2) is 6.68. The van der Waals surface area contributed by atoms with Gasteiger partial charge in [0.15, 0.2) is 0 Å². The number of carbonyl (C=O) groups excluding carboxylic acids is 1. The molecule has 1 aromatic rings. The van der Waals surface area contributed by atoms with E-state index in [1.54, 1.807) is 12.1 Å². The van der Waals surface area contributed by atoms with E-state index in [0.717, 1.165) is 30.4 Å². The molecule has 5 heteroatoms. The fourth-order valence-corrected chi connectivity index (χ4v) is 3.04.